The monoisotopic (exact) mass is 328 g/mol. The fraction of sp³-hybridized carbons (Fsp3) is 0.600. The van der Waals surface area contributed by atoms with E-state index >= 15 is 0 Å². The number of nitrogens with zero attached hydrogens (tertiary/aromatic N) is 1. The van der Waals surface area contributed by atoms with Crippen LogP contribution in [0.1, 0.15) is 23.6 Å². The van der Waals surface area contributed by atoms with Gasteiger partial charge >= 0.3 is 0 Å². The van der Waals surface area contributed by atoms with Crippen LogP contribution in [0.3, 0.4) is 0 Å². The predicted octanol–water partition coefficient (Wildman–Crippen LogP) is 2.02. The van der Waals surface area contributed by atoms with Gasteiger partial charge in [0.05, 0.1) is 6.26 Å². The summed E-state index contributed by atoms with van der Waals surface area (Å²) in [5.74, 6) is 2.27. The largest absolute Gasteiger partial charge is 0.295 e. The molecule has 0 spiro atoms. The standard InChI is InChI=1S/C15H24N2O2S2/c1-13-4-6-14(7-5-13)15-12-20-11-10-17(15)9-3-8-16-21(2,18)19/h4-7,15-16H,3,8-12H2,1-2H3/t15-/m1/s1. The molecule has 1 aliphatic heterocycles. The first kappa shape index (κ1) is 16.8. The normalized spacial score (nSPS) is 20.6. The van der Waals surface area contributed by atoms with Gasteiger partial charge < -0.3 is 0 Å². The van der Waals surface area contributed by atoms with E-state index < -0.39 is 10.0 Å². The molecule has 0 unspecified atom stereocenters. The van der Waals surface area contributed by atoms with Crippen molar-refractivity contribution in [3.05, 3.63) is 35.4 Å². The van der Waals surface area contributed by atoms with Crippen LogP contribution in [0.25, 0.3) is 0 Å². The van der Waals surface area contributed by atoms with Crippen LogP contribution in [0.2, 0.25) is 0 Å². The van der Waals surface area contributed by atoms with Crippen LogP contribution in [0, 0.1) is 6.92 Å². The second-order valence-electron chi connectivity index (χ2n) is 5.56. The third-order valence-corrected chi connectivity index (χ3v) is 5.44. The lowest BCUT2D eigenvalue weighted by molar-refractivity contribution is 0.219. The maximum atomic E-state index is 11.1. The molecule has 4 nitrogen and oxygen atoms in total. The zero-order chi connectivity index (χ0) is 15.3. The van der Waals surface area contributed by atoms with Gasteiger partial charge in [0.2, 0.25) is 10.0 Å². The van der Waals surface area contributed by atoms with Gasteiger partial charge in [0.15, 0.2) is 0 Å². The lowest BCUT2D eigenvalue weighted by Crippen LogP contribution is -2.38. The van der Waals surface area contributed by atoms with E-state index in [-0.39, 0.29) is 0 Å². The van der Waals surface area contributed by atoms with Gasteiger partial charge in [-0.05, 0) is 18.9 Å². The lowest BCUT2D eigenvalue weighted by atomic mass is 10.0. The minimum atomic E-state index is -3.07. The molecule has 0 bridgehead atoms. The smallest absolute Gasteiger partial charge is 0.208 e. The fourth-order valence-corrected chi connectivity index (χ4v) is 4.21. The minimum absolute atomic E-state index is 0.447. The molecule has 0 radical (unpaired) electrons. The second-order valence-corrected chi connectivity index (χ2v) is 8.54. The zero-order valence-corrected chi connectivity index (χ0v) is 14.3. The SMILES string of the molecule is Cc1ccc([C@H]2CSCCN2CCCNS(C)(=O)=O)cc1. The summed E-state index contributed by atoms with van der Waals surface area (Å²) in [6.45, 7) is 4.63. The van der Waals surface area contributed by atoms with Crippen LogP contribution in [0.4, 0.5) is 0 Å². The molecule has 0 amide bonds. The Kier molecular flexibility index (Phi) is 6.10. The molecular formula is C15H24N2O2S2. The van der Waals surface area contributed by atoms with Crippen molar-refractivity contribution in [2.24, 2.45) is 0 Å². The van der Waals surface area contributed by atoms with Gasteiger partial charge in [-0.1, -0.05) is 29.8 Å². The molecule has 1 fully saturated rings. The maximum absolute atomic E-state index is 11.1. The van der Waals surface area contributed by atoms with E-state index in [0.717, 1.165) is 31.0 Å². The first-order valence-electron chi connectivity index (χ1n) is 7.29. The second kappa shape index (κ2) is 7.63. The van der Waals surface area contributed by atoms with Crippen LogP contribution >= 0.6 is 11.8 Å². The van der Waals surface area contributed by atoms with E-state index in [1.54, 1.807) is 0 Å². The molecule has 1 N–H and O–H groups in total. The maximum Gasteiger partial charge on any atom is 0.208 e. The molecule has 1 aliphatic rings. The zero-order valence-electron chi connectivity index (χ0n) is 12.7. The minimum Gasteiger partial charge on any atom is -0.295 e. The van der Waals surface area contributed by atoms with Gasteiger partial charge in [0.25, 0.3) is 0 Å². The summed E-state index contributed by atoms with van der Waals surface area (Å²) in [5, 5.41) is 0. The lowest BCUT2D eigenvalue weighted by Gasteiger charge is -2.35. The third kappa shape index (κ3) is 5.62. The summed E-state index contributed by atoms with van der Waals surface area (Å²) >= 11 is 2.00. The third-order valence-electron chi connectivity index (χ3n) is 3.69. The number of sulfonamides is 1. The first-order valence-corrected chi connectivity index (χ1v) is 10.3. The molecule has 2 rings (SSSR count). The van der Waals surface area contributed by atoms with Crippen LogP contribution in [0.5, 0.6) is 0 Å². The Labute approximate surface area is 132 Å². The number of nitrogens with one attached hydrogen (secondary N) is 1. The Morgan fingerprint density at radius 1 is 1.33 bits per heavy atom. The Balaban J connectivity index is 1.91. The van der Waals surface area contributed by atoms with E-state index in [9.17, 15) is 8.42 Å². The number of benzene rings is 1. The number of rotatable bonds is 6. The van der Waals surface area contributed by atoms with E-state index in [1.165, 1.54) is 17.4 Å². The van der Waals surface area contributed by atoms with Crippen molar-refractivity contribution in [3.8, 4) is 0 Å². The Morgan fingerprint density at radius 2 is 2.05 bits per heavy atom. The fourth-order valence-electron chi connectivity index (χ4n) is 2.54. The van der Waals surface area contributed by atoms with Crippen LogP contribution < -0.4 is 4.72 Å². The van der Waals surface area contributed by atoms with Crippen LogP contribution in [0.15, 0.2) is 24.3 Å². The molecule has 21 heavy (non-hydrogen) atoms. The Morgan fingerprint density at radius 3 is 2.71 bits per heavy atom. The summed E-state index contributed by atoms with van der Waals surface area (Å²) in [7, 11) is -3.07. The summed E-state index contributed by atoms with van der Waals surface area (Å²) in [4.78, 5) is 2.48. The quantitative estimate of drug-likeness (QED) is 0.812. The van der Waals surface area contributed by atoms with Crippen molar-refractivity contribution in [2.45, 2.75) is 19.4 Å². The highest BCUT2D eigenvalue weighted by Gasteiger charge is 2.23. The highest BCUT2D eigenvalue weighted by Crippen LogP contribution is 2.29. The molecule has 0 aromatic heterocycles. The average molecular weight is 329 g/mol. The topological polar surface area (TPSA) is 49.4 Å². The average Bonchev–Trinajstić information content (AvgIpc) is 2.44. The van der Waals surface area contributed by atoms with Gasteiger partial charge in [-0.2, -0.15) is 11.8 Å². The Bertz CT molecular complexity index is 543. The molecule has 0 saturated carbocycles. The summed E-state index contributed by atoms with van der Waals surface area (Å²) in [6.07, 6.45) is 2.06. The summed E-state index contributed by atoms with van der Waals surface area (Å²) in [6, 6.07) is 9.21. The van der Waals surface area contributed by atoms with E-state index in [0.29, 0.717) is 12.6 Å². The molecule has 0 aliphatic carbocycles. The molecule has 118 valence electrons. The van der Waals surface area contributed by atoms with Crippen molar-refractivity contribution in [3.63, 3.8) is 0 Å². The molecule has 1 atom stereocenters. The first-order chi connectivity index (χ1) is 9.96. The van der Waals surface area contributed by atoms with Gasteiger partial charge in [-0.25, -0.2) is 13.1 Å². The van der Waals surface area contributed by atoms with Crippen LogP contribution in [-0.4, -0.2) is 50.7 Å². The molecule has 1 saturated heterocycles. The van der Waals surface area contributed by atoms with Crippen molar-refractivity contribution < 1.29 is 8.42 Å². The van der Waals surface area contributed by atoms with E-state index in [1.807, 2.05) is 11.8 Å². The van der Waals surface area contributed by atoms with E-state index in [4.69, 9.17) is 0 Å². The molecule has 1 aromatic carbocycles. The number of hydrogen-bond acceptors (Lipinski definition) is 4. The highest BCUT2D eigenvalue weighted by molar-refractivity contribution is 7.99. The van der Waals surface area contributed by atoms with Crippen molar-refractivity contribution in [1.29, 1.82) is 0 Å². The summed E-state index contributed by atoms with van der Waals surface area (Å²) < 4.78 is 24.7. The molecule has 1 heterocycles. The van der Waals surface area contributed by atoms with Gasteiger partial charge in [0, 0.05) is 37.2 Å². The molecule has 6 heteroatoms. The summed E-state index contributed by atoms with van der Waals surface area (Å²) in [5.41, 5.74) is 2.65. The van der Waals surface area contributed by atoms with Crippen LogP contribution in [-0.2, 0) is 10.0 Å². The van der Waals surface area contributed by atoms with Gasteiger partial charge in [0.1, 0.15) is 0 Å². The number of thioether (sulfide) groups is 1. The highest BCUT2D eigenvalue weighted by atomic mass is 32.2. The number of hydrogen-bond donors (Lipinski definition) is 1. The number of aryl methyl sites for hydroxylation is 1. The predicted molar refractivity (Wildman–Crippen MR) is 90.3 cm³/mol. The molecule has 1 aromatic rings. The van der Waals surface area contributed by atoms with Crippen molar-refractivity contribution in [2.75, 3.05) is 37.4 Å². The van der Waals surface area contributed by atoms with Crippen molar-refractivity contribution >= 4 is 21.8 Å². The van der Waals surface area contributed by atoms with Gasteiger partial charge in [-0.3, -0.25) is 4.90 Å². The Hall–Kier alpha value is -0.560. The van der Waals surface area contributed by atoms with Crippen molar-refractivity contribution in [1.82, 2.24) is 9.62 Å². The van der Waals surface area contributed by atoms with Gasteiger partial charge in [-0.15, -0.1) is 0 Å². The van der Waals surface area contributed by atoms with E-state index in [2.05, 4.69) is 40.8 Å². The molecular weight excluding hydrogens is 304 g/mol.